The Hall–Kier alpha value is -2.19. The van der Waals surface area contributed by atoms with Gasteiger partial charge in [0.1, 0.15) is 0 Å². The van der Waals surface area contributed by atoms with Crippen molar-refractivity contribution in [1.82, 2.24) is 5.06 Å². The molecule has 0 radical (unpaired) electrons. The Kier molecular flexibility index (Phi) is 6.84. The fourth-order valence-corrected chi connectivity index (χ4v) is 8.27. The van der Waals surface area contributed by atoms with Gasteiger partial charge >= 0.3 is 0 Å². The third-order valence-corrected chi connectivity index (χ3v) is 9.78. The molecule has 3 aromatic rings. The van der Waals surface area contributed by atoms with Gasteiger partial charge in [-0.05, 0) is 24.3 Å². The zero-order valence-corrected chi connectivity index (χ0v) is 18.2. The van der Waals surface area contributed by atoms with Crippen molar-refractivity contribution >= 4 is 17.8 Å². The lowest BCUT2D eigenvalue weighted by Crippen LogP contribution is -2.43. The summed E-state index contributed by atoms with van der Waals surface area (Å²) in [5.74, 6) is -0.249. The average Bonchev–Trinajstić information content (AvgIpc) is 2.81. The van der Waals surface area contributed by atoms with Crippen LogP contribution < -0.4 is 10.6 Å². The van der Waals surface area contributed by atoms with Crippen LogP contribution >= 0.6 is 7.14 Å². The summed E-state index contributed by atoms with van der Waals surface area (Å²) in [6.45, 7) is 0.367. The summed E-state index contributed by atoms with van der Waals surface area (Å²) in [6, 6.07) is 29.5. The molecule has 1 atom stereocenters. The van der Waals surface area contributed by atoms with Gasteiger partial charge in [-0.3, -0.25) is 0 Å². The van der Waals surface area contributed by atoms with Crippen LogP contribution in [-0.4, -0.2) is 16.1 Å². The zero-order valence-electron chi connectivity index (χ0n) is 17.3. The Labute approximate surface area is 179 Å². The van der Waals surface area contributed by atoms with Crippen LogP contribution in [0.2, 0.25) is 0 Å². The molecule has 0 aromatic heterocycles. The summed E-state index contributed by atoms with van der Waals surface area (Å²) in [4.78, 5) is 0. The number of rotatable bonds is 7. The van der Waals surface area contributed by atoms with Gasteiger partial charge in [-0.2, -0.15) is 5.06 Å². The number of benzene rings is 3. The summed E-state index contributed by atoms with van der Waals surface area (Å²) in [6.07, 6.45) is 5.47. The van der Waals surface area contributed by atoms with Crippen LogP contribution in [0, 0.1) is 5.92 Å². The predicted octanol–water partition coefficient (Wildman–Crippen LogP) is 5.80. The molecule has 0 bridgehead atoms. The molecule has 0 amide bonds. The molecule has 1 unspecified atom stereocenters. The van der Waals surface area contributed by atoms with Gasteiger partial charge in [0.2, 0.25) is 0 Å². The largest absolute Gasteiger partial charge is 0.313 e. The number of nitrogens with zero attached hydrogens (tertiary/aromatic N) is 1. The van der Waals surface area contributed by atoms with Gasteiger partial charge in [-0.15, -0.1) is 0 Å². The third-order valence-electron chi connectivity index (χ3n) is 6.22. The molecule has 0 heterocycles. The van der Waals surface area contributed by atoms with Crippen LogP contribution in [0.15, 0.2) is 91.0 Å². The number of hydrogen-bond acceptors (Lipinski definition) is 3. The monoisotopic (exact) mass is 419 g/mol. The van der Waals surface area contributed by atoms with Crippen molar-refractivity contribution in [3.05, 3.63) is 96.6 Å². The Morgan fingerprint density at radius 1 is 0.767 bits per heavy atom. The van der Waals surface area contributed by atoms with E-state index in [-0.39, 0.29) is 5.92 Å². The molecule has 0 spiro atoms. The van der Waals surface area contributed by atoms with E-state index in [0.717, 1.165) is 41.9 Å². The van der Waals surface area contributed by atoms with E-state index >= 15 is 4.57 Å². The van der Waals surface area contributed by atoms with Crippen LogP contribution in [0.1, 0.15) is 37.7 Å². The first-order chi connectivity index (χ1) is 14.7. The fourth-order valence-electron chi connectivity index (χ4n) is 4.78. The van der Waals surface area contributed by atoms with Crippen molar-refractivity contribution in [3.8, 4) is 0 Å². The summed E-state index contributed by atoms with van der Waals surface area (Å²) in [5, 5.41) is 14.5. The summed E-state index contributed by atoms with van der Waals surface area (Å²) in [5.41, 5.74) is 1.02. The first-order valence-corrected chi connectivity index (χ1v) is 12.7. The molecule has 1 fully saturated rings. The standard InChI is InChI=1S/C26H30NO2P/c28-27(21-22-13-5-1-6-14-22)26(23-15-7-2-8-16-23)30(29,24-17-9-3-10-18-24)25-19-11-4-12-20-25/h1,3-6,9-14,17-20,23,26,28H,2,7-8,15-16,21H2. The van der Waals surface area contributed by atoms with Crippen molar-refractivity contribution < 1.29 is 9.77 Å². The maximum Gasteiger partial charge on any atom is 0.162 e. The summed E-state index contributed by atoms with van der Waals surface area (Å²) in [7, 11) is -3.12. The second kappa shape index (κ2) is 9.75. The molecule has 1 aliphatic carbocycles. The first-order valence-electron chi connectivity index (χ1n) is 10.9. The normalized spacial score (nSPS) is 16.5. The molecule has 1 saturated carbocycles. The van der Waals surface area contributed by atoms with Crippen LogP contribution in [0.25, 0.3) is 0 Å². The molecular weight excluding hydrogens is 389 g/mol. The topological polar surface area (TPSA) is 40.5 Å². The molecule has 156 valence electrons. The maximum atomic E-state index is 15.0. The van der Waals surface area contributed by atoms with Crippen molar-refractivity contribution in [3.63, 3.8) is 0 Å². The smallest absolute Gasteiger partial charge is 0.162 e. The van der Waals surface area contributed by atoms with Crippen molar-refractivity contribution in [2.75, 3.05) is 0 Å². The van der Waals surface area contributed by atoms with Crippen LogP contribution in [-0.2, 0) is 11.1 Å². The highest BCUT2D eigenvalue weighted by Gasteiger charge is 2.45. The predicted molar refractivity (Wildman–Crippen MR) is 124 cm³/mol. The minimum Gasteiger partial charge on any atom is -0.313 e. The van der Waals surface area contributed by atoms with E-state index in [4.69, 9.17) is 0 Å². The molecule has 4 heteroatoms. The van der Waals surface area contributed by atoms with Crippen molar-refractivity contribution in [2.45, 2.75) is 44.4 Å². The molecular formula is C26H30NO2P. The molecule has 30 heavy (non-hydrogen) atoms. The van der Waals surface area contributed by atoms with Crippen molar-refractivity contribution in [1.29, 1.82) is 0 Å². The van der Waals surface area contributed by atoms with Crippen molar-refractivity contribution in [2.24, 2.45) is 5.92 Å². The Morgan fingerprint density at radius 3 is 1.73 bits per heavy atom. The first kappa shape index (κ1) is 21.1. The molecule has 0 aliphatic heterocycles. The highest BCUT2D eigenvalue weighted by molar-refractivity contribution is 7.79. The second-order valence-corrected chi connectivity index (χ2v) is 11.1. The van der Waals surface area contributed by atoms with Gasteiger partial charge in [-0.1, -0.05) is 110 Å². The van der Waals surface area contributed by atoms with Gasteiger partial charge in [0, 0.05) is 17.2 Å². The van der Waals surface area contributed by atoms with E-state index in [1.54, 1.807) is 0 Å². The molecule has 1 N–H and O–H groups in total. The van der Waals surface area contributed by atoms with E-state index in [2.05, 4.69) is 0 Å². The highest BCUT2D eigenvalue weighted by Crippen LogP contribution is 2.55. The quantitative estimate of drug-likeness (QED) is 0.389. The highest BCUT2D eigenvalue weighted by atomic mass is 31.2. The van der Waals surface area contributed by atoms with E-state index in [1.165, 1.54) is 11.5 Å². The molecule has 3 nitrogen and oxygen atoms in total. The van der Waals surface area contributed by atoms with Crippen LogP contribution in [0.5, 0.6) is 0 Å². The maximum absolute atomic E-state index is 15.0. The molecule has 0 saturated heterocycles. The molecule has 3 aromatic carbocycles. The lowest BCUT2D eigenvalue weighted by molar-refractivity contribution is -0.127. The summed E-state index contributed by atoms with van der Waals surface area (Å²) >= 11 is 0. The zero-order chi connectivity index (χ0) is 20.8. The number of hydrogen-bond donors (Lipinski definition) is 1. The number of hydroxylamine groups is 2. The summed E-state index contributed by atoms with van der Waals surface area (Å²) < 4.78 is 15.0. The van der Waals surface area contributed by atoms with Crippen LogP contribution in [0.4, 0.5) is 0 Å². The second-order valence-electron chi connectivity index (χ2n) is 8.22. The average molecular weight is 420 g/mol. The minimum atomic E-state index is -3.12. The van der Waals surface area contributed by atoms with E-state index in [0.29, 0.717) is 6.54 Å². The van der Waals surface area contributed by atoms with Gasteiger partial charge in [0.25, 0.3) is 0 Å². The lowest BCUT2D eigenvalue weighted by Gasteiger charge is -2.40. The van der Waals surface area contributed by atoms with Gasteiger partial charge in [-0.25, -0.2) is 0 Å². The lowest BCUT2D eigenvalue weighted by atomic mass is 9.89. The van der Waals surface area contributed by atoms with Crippen LogP contribution in [0.3, 0.4) is 0 Å². The molecule has 4 rings (SSSR count). The van der Waals surface area contributed by atoms with E-state index in [9.17, 15) is 5.21 Å². The SMILES string of the molecule is O=P(c1ccccc1)(c1ccccc1)C(C1CCCCC1)N(O)Cc1ccccc1. The van der Waals surface area contributed by atoms with E-state index < -0.39 is 12.9 Å². The Balaban J connectivity index is 1.82. The van der Waals surface area contributed by atoms with Gasteiger partial charge in [0.15, 0.2) is 7.14 Å². The van der Waals surface area contributed by atoms with E-state index in [1.807, 2.05) is 91.0 Å². The third kappa shape index (κ3) is 4.44. The Morgan fingerprint density at radius 2 is 1.23 bits per heavy atom. The minimum absolute atomic E-state index is 0.193. The van der Waals surface area contributed by atoms with Gasteiger partial charge < -0.3 is 9.77 Å². The van der Waals surface area contributed by atoms with Gasteiger partial charge in [0.05, 0.1) is 5.78 Å². The fraction of sp³-hybridized carbons (Fsp3) is 0.308. The molecule has 1 aliphatic rings. The Bertz CT molecular complexity index is 913.